The Labute approximate surface area is 105 Å². The number of rotatable bonds is 8. The Morgan fingerprint density at radius 3 is 2.41 bits per heavy atom. The summed E-state index contributed by atoms with van der Waals surface area (Å²) >= 11 is 0. The first-order valence-corrected chi connectivity index (χ1v) is 6.46. The third-order valence-corrected chi connectivity index (χ3v) is 2.93. The van der Waals surface area contributed by atoms with E-state index in [4.69, 9.17) is 9.47 Å². The van der Waals surface area contributed by atoms with Gasteiger partial charge in [-0.15, -0.1) is 0 Å². The quantitative estimate of drug-likeness (QED) is 0.639. The summed E-state index contributed by atoms with van der Waals surface area (Å²) in [6.45, 7) is 8.51. The van der Waals surface area contributed by atoms with Crippen molar-refractivity contribution in [2.24, 2.45) is 0 Å². The molecule has 1 rings (SSSR count). The predicted octanol–water partition coefficient (Wildman–Crippen LogP) is 3.80. The molecule has 1 atom stereocenters. The Hall–Kier alpha value is -0.860. The normalized spacial score (nSPS) is 14.5. The van der Waals surface area contributed by atoms with Crippen molar-refractivity contribution in [2.45, 2.75) is 45.8 Å². The largest absolute Gasteiger partial charge is 0.378 e. The summed E-state index contributed by atoms with van der Waals surface area (Å²) in [6, 6.07) is 10.3. The molecule has 0 amide bonds. The van der Waals surface area contributed by atoms with Crippen LogP contribution in [-0.4, -0.2) is 18.8 Å². The van der Waals surface area contributed by atoms with E-state index in [1.807, 2.05) is 18.2 Å². The second-order valence-electron chi connectivity index (χ2n) is 4.63. The molecule has 1 aromatic carbocycles. The van der Waals surface area contributed by atoms with Gasteiger partial charge < -0.3 is 9.47 Å². The van der Waals surface area contributed by atoms with Crippen molar-refractivity contribution in [3.05, 3.63) is 35.9 Å². The van der Waals surface area contributed by atoms with E-state index in [1.54, 1.807) is 0 Å². The minimum absolute atomic E-state index is 0.176. The molecule has 2 nitrogen and oxygen atoms in total. The van der Waals surface area contributed by atoms with E-state index < -0.39 is 0 Å². The maximum absolute atomic E-state index is 5.99. The zero-order chi connectivity index (χ0) is 12.6. The van der Waals surface area contributed by atoms with Crippen LogP contribution in [0.3, 0.4) is 0 Å². The summed E-state index contributed by atoms with van der Waals surface area (Å²) in [6.07, 6.45) is 2.02. The fraction of sp³-hybridized carbons (Fsp3) is 0.600. The van der Waals surface area contributed by atoms with E-state index in [2.05, 4.69) is 32.9 Å². The van der Waals surface area contributed by atoms with Crippen LogP contribution >= 0.6 is 0 Å². The van der Waals surface area contributed by atoms with Gasteiger partial charge in [0.05, 0.1) is 18.8 Å². The summed E-state index contributed by atoms with van der Waals surface area (Å²) in [5, 5.41) is 0. The molecule has 0 saturated heterocycles. The second-order valence-corrected chi connectivity index (χ2v) is 4.63. The lowest BCUT2D eigenvalue weighted by atomic mass is 10.0. The highest BCUT2D eigenvalue weighted by Gasteiger charge is 2.23. The predicted molar refractivity (Wildman–Crippen MR) is 71.0 cm³/mol. The zero-order valence-corrected chi connectivity index (χ0v) is 11.2. The lowest BCUT2D eigenvalue weighted by Gasteiger charge is -2.28. The molecule has 0 fully saturated rings. The highest BCUT2D eigenvalue weighted by atomic mass is 16.5. The third kappa shape index (κ3) is 5.33. The summed E-state index contributed by atoms with van der Waals surface area (Å²) in [5.41, 5.74) is 1.04. The lowest BCUT2D eigenvalue weighted by molar-refractivity contribution is -0.0968. The fourth-order valence-corrected chi connectivity index (χ4v) is 1.51. The van der Waals surface area contributed by atoms with Crippen molar-refractivity contribution in [1.82, 2.24) is 0 Å². The molecule has 0 aromatic heterocycles. The van der Waals surface area contributed by atoms with Crippen LogP contribution in [-0.2, 0) is 16.1 Å². The molecule has 0 bridgehead atoms. The smallest absolute Gasteiger partial charge is 0.0888 e. The topological polar surface area (TPSA) is 18.5 Å². The Morgan fingerprint density at radius 2 is 1.82 bits per heavy atom. The van der Waals surface area contributed by atoms with Gasteiger partial charge in [0.2, 0.25) is 0 Å². The van der Waals surface area contributed by atoms with Gasteiger partial charge in [-0.25, -0.2) is 0 Å². The minimum Gasteiger partial charge on any atom is -0.378 e. The highest BCUT2D eigenvalue weighted by Crippen LogP contribution is 2.18. The van der Waals surface area contributed by atoms with Crippen LogP contribution in [0.15, 0.2) is 30.3 Å². The van der Waals surface area contributed by atoms with Crippen molar-refractivity contribution < 1.29 is 9.47 Å². The van der Waals surface area contributed by atoms with Crippen molar-refractivity contribution in [3.63, 3.8) is 0 Å². The summed E-state index contributed by atoms with van der Waals surface area (Å²) in [7, 11) is 0. The van der Waals surface area contributed by atoms with Gasteiger partial charge >= 0.3 is 0 Å². The zero-order valence-electron chi connectivity index (χ0n) is 11.2. The average Bonchev–Trinajstić information content (AvgIpc) is 2.38. The van der Waals surface area contributed by atoms with Crippen molar-refractivity contribution >= 4 is 0 Å². The Morgan fingerprint density at radius 1 is 1.12 bits per heavy atom. The first-order valence-electron chi connectivity index (χ1n) is 6.46. The molecule has 2 heteroatoms. The number of hydrogen-bond acceptors (Lipinski definition) is 2. The molecule has 0 spiro atoms. The molecular weight excluding hydrogens is 212 g/mol. The third-order valence-electron chi connectivity index (χ3n) is 2.93. The van der Waals surface area contributed by atoms with Gasteiger partial charge in [0.1, 0.15) is 0 Å². The number of benzene rings is 1. The van der Waals surface area contributed by atoms with Crippen LogP contribution in [0, 0.1) is 0 Å². The van der Waals surface area contributed by atoms with Crippen LogP contribution in [0.1, 0.15) is 39.2 Å². The SMILES string of the molecule is CCCOCC(C)(CC)OCc1ccccc1. The van der Waals surface area contributed by atoms with Gasteiger partial charge in [0, 0.05) is 6.61 Å². The van der Waals surface area contributed by atoms with Gasteiger partial charge in [-0.05, 0) is 25.3 Å². The lowest BCUT2D eigenvalue weighted by Crippen LogP contribution is -2.33. The Bertz CT molecular complexity index is 297. The molecule has 0 aliphatic rings. The van der Waals surface area contributed by atoms with Gasteiger partial charge in [0.15, 0.2) is 0 Å². The monoisotopic (exact) mass is 236 g/mol. The van der Waals surface area contributed by atoms with E-state index in [0.29, 0.717) is 13.2 Å². The van der Waals surface area contributed by atoms with Crippen LogP contribution < -0.4 is 0 Å². The molecule has 0 heterocycles. The molecule has 0 N–H and O–H groups in total. The first kappa shape index (κ1) is 14.2. The van der Waals surface area contributed by atoms with Crippen molar-refractivity contribution in [2.75, 3.05) is 13.2 Å². The van der Waals surface area contributed by atoms with E-state index >= 15 is 0 Å². The number of hydrogen-bond donors (Lipinski definition) is 0. The van der Waals surface area contributed by atoms with Crippen LogP contribution in [0.2, 0.25) is 0 Å². The fourth-order valence-electron chi connectivity index (χ4n) is 1.51. The van der Waals surface area contributed by atoms with Gasteiger partial charge in [-0.3, -0.25) is 0 Å². The highest BCUT2D eigenvalue weighted by molar-refractivity contribution is 5.13. The van der Waals surface area contributed by atoms with Crippen molar-refractivity contribution in [3.8, 4) is 0 Å². The molecule has 1 unspecified atom stereocenters. The van der Waals surface area contributed by atoms with Gasteiger partial charge in [0.25, 0.3) is 0 Å². The van der Waals surface area contributed by atoms with Gasteiger partial charge in [-0.2, -0.15) is 0 Å². The maximum atomic E-state index is 5.99. The summed E-state index contributed by atoms with van der Waals surface area (Å²) in [4.78, 5) is 0. The molecule has 0 aliphatic carbocycles. The standard InChI is InChI=1S/C15H24O2/c1-4-11-16-13-15(3,5-2)17-12-14-9-7-6-8-10-14/h6-10H,4-5,11-13H2,1-3H3. The maximum Gasteiger partial charge on any atom is 0.0888 e. The number of ether oxygens (including phenoxy) is 2. The molecular formula is C15H24O2. The summed E-state index contributed by atoms with van der Waals surface area (Å²) < 4.78 is 11.6. The minimum atomic E-state index is -0.176. The van der Waals surface area contributed by atoms with E-state index in [1.165, 1.54) is 5.56 Å². The molecule has 0 radical (unpaired) electrons. The van der Waals surface area contributed by atoms with E-state index in [-0.39, 0.29) is 5.60 Å². The Kier molecular flexibility index (Phi) is 6.23. The van der Waals surface area contributed by atoms with Crippen LogP contribution in [0.25, 0.3) is 0 Å². The van der Waals surface area contributed by atoms with E-state index in [0.717, 1.165) is 19.4 Å². The Balaban J connectivity index is 2.40. The van der Waals surface area contributed by atoms with Crippen molar-refractivity contribution in [1.29, 1.82) is 0 Å². The van der Waals surface area contributed by atoms with Crippen LogP contribution in [0.5, 0.6) is 0 Å². The molecule has 0 saturated carbocycles. The molecule has 1 aromatic rings. The molecule has 96 valence electrons. The second kappa shape index (κ2) is 7.46. The summed E-state index contributed by atoms with van der Waals surface area (Å²) in [5.74, 6) is 0. The van der Waals surface area contributed by atoms with E-state index in [9.17, 15) is 0 Å². The van der Waals surface area contributed by atoms with Gasteiger partial charge in [-0.1, -0.05) is 44.2 Å². The molecule has 0 aliphatic heterocycles. The average molecular weight is 236 g/mol. The molecule has 17 heavy (non-hydrogen) atoms. The first-order chi connectivity index (χ1) is 8.20. The van der Waals surface area contributed by atoms with Crippen LogP contribution in [0.4, 0.5) is 0 Å².